The van der Waals surface area contributed by atoms with E-state index in [4.69, 9.17) is 14.7 Å². The van der Waals surface area contributed by atoms with Crippen LogP contribution in [0.4, 0.5) is 18.9 Å². The predicted molar refractivity (Wildman–Crippen MR) is 74.1 cm³/mol. The molecule has 1 aliphatic rings. The number of ether oxygens (including phenoxy) is 2. The van der Waals surface area contributed by atoms with E-state index < -0.39 is 35.0 Å². The minimum Gasteiger partial charge on any atom is -0.419 e. The summed E-state index contributed by atoms with van der Waals surface area (Å²) in [6.07, 6.45) is -3.76. The molecule has 1 aliphatic heterocycles. The Bertz CT molecular complexity index is 754. The largest absolute Gasteiger partial charge is 0.419 e. The number of rotatable bonds is 2. The summed E-state index contributed by atoms with van der Waals surface area (Å²) in [6, 6.07) is 4.13. The van der Waals surface area contributed by atoms with Crippen LogP contribution in [0.15, 0.2) is 30.0 Å². The highest BCUT2D eigenvalue weighted by atomic mass is 19.4. The molecule has 0 aliphatic carbocycles. The topological polar surface area (TPSA) is 88.4 Å². The molecule has 1 saturated heterocycles. The van der Waals surface area contributed by atoms with Gasteiger partial charge in [-0.1, -0.05) is 0 Å². The van der Waals surface area contributed by atoms with E-state index in [0.29, 0.717) is 6.07 Å². The highest BCUT2D eigenvalue weighted by Crippen LogP contribution is 2.32. The van der Waals surface area contributed by atoms with Crippen molar-refractivity contribution in [1.29, 1.82) is 5.26 Å². The fourth-order valence-electron chi connectivity index (χ4n) is 1.87. The number of nitrogens with one attached hydrogen (secondary N) is 1. The number of carbonyl (C=O) groups is 2. The molecule has 9 heteroatoms. The first kappa shape index (κ1) is 17.3. The zero-order chi connectivity index (χ0) is 18.1. The van der Waals surface area contributed by atoms with Gasteiger partial charge in [-0.15, -0.1) is 0 Å². The lowest BCUT2D eigenvalue weighted by atomic mass is 10.1. The molecule has 0 saturated carbocycles. The summed E-state index contributed by atoms with van der Waals surface area (Å²) in [4.78, 5) is 23.5. The van der Waals surface area contributed by atoms with E-state index >= 15 is 0 Å². The normalized spacial score (nSPS) is 16.8. The first-order valence-corrected chi connectivity index (χ1v) is 6.58. The average Bonchev–Trinajstić information content (AvgIpc) is 2.43. The summed E-state index contributed by atoms with van der Waals surface area (Å²) in [6.45, 7) is 2.71. The summed E-state index contributed by atoms with van der Waals surface area (Å²) < 4.78 is 47.9. The Morgan fingerprint density at radius 3 is 2.29 bits per heavy atom. The van der Waals surface area contributed by atoms with Crippen LogP contribution in [-0.4, -0.2) is 17.7 Å². The second kappa shape index (κ2) is 5.88. The van der Waals surface area contributed by atoms with Crippen molar-refractivity contribution in [2.24, 2.45) is 0 Å². The van der Waals surface area contributed by atoms with E-state index in [1.807, 2.05) is 0 Å². The first-order valence-electron chi connectivity index (χ1n) is 6.58. The molecule has 0 unspecified atom stereocenters. The Kier molecular flexibility index (Phi) is 4.25. The molecule has 0 atom stereocenters. The number of nitrogens with zero attached hydrogens (tertiary/aromatic N) is 1. The molecule has 1 aromatic rings. The van der Waals surface area contributed by atoms with Crippen LogP contribution in [0.2, 0.25) is 0 Å². The molecule has 0 bridgehead atoms. The molecular weight excluding hydrogens is 329 g/mol. The van der Waals surface area contributed by atoms with Crippen LogP contribution in [0, 0.1) is 11.3 Å². The number of alkyl halides is 3. The summed E-state index contributed by atoms with van der Waals surface area (Å²) in [5.41, 5.74) is -1.84. The maximum absolute atomic E-state index is 12.7. The van der Waals surface area contributed by atoms with Gasteiger partial charge >= 0.3 is 18.1 Å². The third kappa shape index (κ3) is 3.65. The third-order valence-corrected chi connectivity index (χ3v) is 2.96. The molecule has 1 aromatic carbocycles. The van der Waals surface area contributed by atoms with Crippen molar-refractivity contribution in [2.45, 2.75) is 25.8 Å². The van der Waals surface area contributed by atoms with E-state index in [0.717, 1.165) is 18.3 Å². The molecule has 2 rings (SSSR count). The molecule has 0 radical (unpaired) electrons. The van der Waals surface area contributed by atoms with Gasteiger partial charge in [-0.25, -0.2) is 9.59 Å². The fraction of sp³-hybridized carbons (Fsp3) is 0.267. The van der Waals surface area contributed by atoms with Crippen molar-refractivity contribution < 1.29 is 32.2 Å². The maximum atomic E-state index is 12.7. The number of cyclic esters (lactones) is 2. The van der Waals surface area contributed by atoms with Gasteiger partial charge in [0.05, 0.1) is 16.8 Å². The third-order valence-electron chi connectivity index (χ3n) is 2.96. The van der Waals surface area contributed by atoms with Crippen molar-refractivity contribution in [3.63, 3.8) is 0 Å². The van der Waals surface area contributed by atoms with Gasteiger partial charge in [0.25, 0.3) is 5.79 Å². The number of nitriles is 1. The molecule has 1 fully saturated rings. The zero-order valence-corrected chi connectivity index (χ0v) is 12.5. The number of anilines is 1. The number of esters is 2. The summed E-state index contributed by atoms with van der Waals surface area (Å²) in [7, 11) is 0. The van der Waals surface area contributed by atoms with Gasteiger partial charge in [0.2, 0.25) is 0 Å². The number of benzene rings is 1. The number of halogens is 3. The Morgan fingerprint density at radius 1 is 1.21 bits per heavy atom. The molecular formula is C15H11F3N2O4. The molecule has 1 heterocycles. The quantitative estimate of drug-likeness (QED) is 0.506. The van der Waals surface area contributed by atoms with Crippen molar-refractivity contribution in [1.82, 2.24) is 0 Å². The van der Waals surface area contributed by atoms with Crippen LogP contribution >= 0.6 is 0 Å². The van der Waals surface area contributed by atoms with Crippen LogP contribution < -0.4 is 5.32 Å². The average molecular weight is 340 g/mol. The smallest absolute Gasteiger partial charge is 0.416 e. The number of hydrogen-bond acceptors (Lipinski definition) is 6. The molecule has 6 nitrogen and oxygen atoms in total. The molecule has 0 aromatic heterocycles. The second-order valence-electron chi connectivity index (χ2n) is 5.25. The van der Waals surface area contributed by atoms with Crippen LogP contribution in [0.5, 0.6) is 0 Å². The maximum Gasteiger partial charge on any atom is 0.416 e. The van der Waals surface area contributed by atoms with E-state index in [-0.39, 0.29) is 11.3 Å². The molecule has 1 N–H and O–H groups in total. The number of hydrogen-bond donors (Lipinski definition) is 1. The standard InChI is InChI=1S/C15H11F3N2O4/c1-14(2)23-12(21)10(13(22)24-14)7-20-11-5-9(15(16,17)18)4-3-8(11)6-19/h3-5,7,20H,1-2H3. The Morgan fingerprint density at radius 2 is 1.79 bits per heavy atom. The minimum absolute atomic E-state index is 0.0993. The SMILES string of the molecule is CC1(C)OC(=O)C(=CNc2cc(C(F)(F)F)ccc2C#N)C(=O)O1. The zero-order valence-electron chi connectivity index (χ0n) is 12.5. The lowest BCUT2D eigenvalue weighted by molar-refractivity contribution is -0.222. The second-order valence-corrected chi connectivity index (χ2v) is 5.25. The van der Waals surface area contributed by atoms with Crippen LogP contribution in [0.25, 0.3) is 0 Å². The van der Waals surface area contributed by atoms with Gasteiger partial charge < -0.3 is 14.8 Å². The van der Waals surface area contributed by atoms with E-state index in [9.17, 15) is 22.8 Å². The Labute approximate surface area is 134 Å². The predicted octanol–water partition coefficient (Wildman–Crippen LogP) is 2.71. The highest BCUT2D eigenvalue weighted by molar-refractivity contribution is 6.15. The van der Waals surface area contributed by atoms with E-state index in [1.165, 1.54) is 13.8 Å². The van der Waals surface area contributed by atoms with Crippen LogP contribution in [0.3, 0.4) is 0 Å². The van der Waals surface area contributed by atoms with Gasteiger partial charge in [-0.2, -0.15) is 18.4 Å². The summed E-state index contributed by atoms with van der Waals surface area (Å²) in [5.74, 6) is -3.41. The minimum atomic E-state index is -4.61. The van der Waals surface area contributed by atoms with Gasteiger partial charge in [0, 0.05) is 20.0 Å². The molecule has 126 valence electrons. The van der Waals surface area contributed by atoms with Crippen molar-refractivity contribution in [3.05, 3.63) is 41.1 Å². The Balaban J connectivity index is 2.33. The Hall–Kier alpha value is -3.02. The van der Waals surface area contributed by atoms with Gasteiger partial charge in [-0.3, -0.25) is 0 Å². The molecule has 0 spiro atoms. The van der Waals surface area contributed by atoms with E-state index in [2.05, 4.69) is 5.32 Å². The van der Waals surface area contributed by atoms with Crippen molar-refractivity contribution in [2.75, 3.05) is 5.32 Å². The van der Waals surface area contributed by atoms with Gasteiger partial charge in [0.1, 0.15) is 6.07 Å². The monoisotopic (exact) mass is 340 g/mol. The van der Waals surface area contributed by atoms with Crippen molar-refractivity contribution in [3.8, 4) is 6.07 Å². The van der Waals surface area contributed by atoms with Crippen molar-refractivity contribution >= 4 is 17.6 Å². The van der Waals surface area contributed by atoms with Gasteiger partial charge in [-0.05, 0) is 18.2 Å². The highest BCUT2D eigenvalue weighted by Gasteiger charge is 2.39. The first-order chi connectivity index (χ1) is 11.0. The van der Waals surface area contributed by atoms with E-state index in [1.54, 1.807) is 6.07 Å². The molecule has 0 amide bonds. The number of carbonyl (C=O) groups excluding carboxylic acids is 2. The summed E-state index contributed by atoms with van der Waals surface area (Å²) >= 11 is 0. The summed E-state index contributed by atoms with van der Waals surface area (Å²) in [5, 5.41) is 11.3. The van der Waals surface area contributed by atoms with Crippen LogP contribution in [0.1, 0.15) is 25.0 Å². The molecule has 24 heavy (non-hydrogen) atoms. The fourth-order valence-corrected chi connectivity index (χ4v) is 1.87. The van der Waals surface area contributed by atoms with Gasteiger partial charge in [0.15, 0.2) is 5.57 Å². The lowest BCUT2D eigenvalue weighted by Crippen LogP contribution is -2.42. The lowest BCUT2D eigenvalue weighted by Gasteiger charge is -2.29. The van der Waals surface area contributed by atoms with Crippen LogP contribution in [-0.2, 0) is 25.2 Å².